The largest absolute Gasteiger partial charge is 0.396 e. The van der Waals surface area contributed by atoms with Gasteiger partial charge in [0.25, 0.3) is 5.91 Å². The normalized spacial score (nSPS) is 17.2. The molecule has 0 bridgehead atoms. The molecule has 1 atom stereocenters. The van der Waals surface area contributed by atoms with Gasteiger partial charge in [-0.15, -0.1) is 0 Å². The van der Waals surface area contributed by atoms with Gasteiger partial charge >= 0.3 is 0 Å². The van der Waals surface area contributed by atoms with Gasteiger partial charge in [-0.2, -0.15) is 0 Å². The van der Waals surface area contributed by atoms with Gasteiger partial charge in [0.2, 0.25) is 5.91 Å². The highest BCUT2D eigenvalue weighted by molar-refractivity contribution is 6.04. The highest BCUT2D eigenvalue weighted by atomic mass is 19.1. The second-order valence-corrected chi connectivity index (χ2v) is 6.57. The third kappa shape index (κ3) is 4.71. The summed E-state index contributed by atoms with van der Waals surface area (Å²) in [5, 5.41) is 14.4. The lowest BCUT2D eigenvalue weighted by Gasteiger charge is -2.34. The van der Waals surface area contributed by atoms with E-state index in [9.17, 15) is 23.5 Å². The average molecular weight is 389 g/mol. The first-order chi connectivity index (χ1) is 13.5. The number of nitrogens with one attached hydrogen (secondary N) is 2. The molecule has 0 spiro atoms. The first kappa shape index (κ1) is 19.9. The van der Waals surface area contributed by atoms with E-state index in [1.807, 2.05) is 11.0 Å². The van der Waals surface area contributed by atoms with Crippen LogP contribution in [0, 0.1) is 11.6 Å². The van der Waals surface area contributed by atoms with E-state index in [2.05, 4.69) is 10.6 Å². The van der Waals surface area contributed by atoms with Crippen molar-refractivity contribution >= 4 is 17.5 Å². The van der Waals surface area contributed by atoms with Crippen LogP contribution >= 0.6 is 0 Å². The van der Waals surface area contributed by atoms with Gasteiger partial charge in [0, 0.05) is 37.9 Å². The van der Waals surface area contributed by atoms with Gasteiger partial charge in [0.1, 0.15) is 11.6 Å². The molecular weight excluding hydrogens is 368 g/mol. The molecule has 3 N–H and O–H groups in total. The van der Waals surface area contributed by atoms with Crippen LogP contribution < -0.4 is 10.6 Å². The third-order valence-corrected chi connectivity index (χ3v) is 4.60. The highest BCUT2D eigenvalue weighted by Gasteiger charge is 2.29. The summed E-state index contributed by atoms with van der Waals surface area (Å²) in [5.41, 5.74) is 1.03. The lowest BCUT2D eigenvalue weighted by Crippen LogP contribution is -2.55. The van der Waals surface area contributed by atoms with Crippen LogP contribution in [0.1, 0.15) is 22.3 Å². The van der Waals surface area contributed by atoms with Crippen LogP contribution in [0.25, 0.3) is 0 Å². The Morgan fingerprint density at radius 1 is 1.25 bits per heavy atom. The summed E-state index contributed by atoms with van der Waals surface area (Å²) in [6.45, 7) is 1.49. The lowest BCUT2D eigenvalue weighted by atomic mass is 10.1. The number of hydrogen-bond donors (Lipinski definition) is 3. The standard InChI is InChI=1S/C20H21F2N3O3/c21-15-4-5-17(16(22)11-15)24-19(27)14-3-1-2-13(10-14)12-25-8-7-23-20(28)18(25)6-9-26/h1-5,10-11,18,26H,6-9,12H2,(H,23,28)(H,24,27). The van der Waals surface area contributed by atoms with Crippen LogP contribution in [-0.4, -0.2) is 47.6 Å². The smallest absolute Gasteiger partial charge is 0.255 e. The van der Waals surface area contributed by atoms with Crippen LogP contribution in [0.4, 0.5) is 14.5 Å². The molecule has 1 unspecified atom stereocenters. The van der Waals surface area contributed by atoms with E-state index in [1.54, 1.807) is 18.2 Å². The zero-order valence-electron chi connectivity index (χ0n) is 15.1. The van der Waals surface area contributed by atoms with Gasteiger partial charge in [0.05, 0.1) is 11.7 Å². The number of rotatable bonds is 6. The summed E-state index contributed by atoms with van der Waals surface area (Å²) in [6, 6.07) is 9.30. The third-order valence-electron chi connectivity index (χ3n) is 4.60. The first-order valence-corrected chi connectivity index (χ1v) is 8.96. The van der Waals surface area contributed by atoms with Crippen LogP contribution in [0.3, 0.4) is 0 Å². The molecule has 1 aliphatic heterocycles. The first-order valence-electron chi connectivity index (χ1n) is 8.96. The maximum Gasteiger partial charge on any atom is 0.255 e. The van der Waals surface area contributed by atoms with E-state index in [0.29, 0.717) is 37.7 Å². The Kier molecular flexibility index (Phi) is 6.33. The van der Waals surface area contributed by atoms with Gasteiger partial charge in [-0.3, -0.25) is 14.5 Å². The molecule has 0 saturated carbocycles. The van der Waals surface area contributed by atoms with Gasteiger partial charge in [-0.25, -0.2) is 8.78 Å². The Hall–Kier alpha value is -2.84. The molecule has 1 aliphatic rings. The number of nitrogens with zero attached hydrogens (tertiary/aromatic N) is 1. The fourth-order valence-electron chi connectivity index (χ4n) is 3.22. The number of aliphatic hydroxyl groups excluding tert-OH is 1. The van der Waals surface area contributed by atoms with E-state index in [1.165, 1.54) is 0 Å². The average Bonchev–Trinajstić information content (AvgIpc) is 2.67. The fourth-order valence-corrected chi connectivity index (χ4v) is 3.22. The molecule has 0 aliphatic carbocycles. The fraction of sp³-hybridized carbons (Fsp3) is 0.300. The number of benzene rings is 2. The lowest BCUT2D eigenvalue weighted by molar-refractivity contribution is -0.129. The summed E-state index contributed by atoms with van der Waals surface area (Å²) >= 11 is 0. The summed E-state index contributed by atoms with van der Waals surface area (Å²) in [4.78, 5) is 26.4. The minimum absolute atomic E-state index is 0.0970. The van der Waals surface area contributed by atoms with Crippen molar-refractivity contribution in [1.29, 1.82) is 0 Å². The number of carbonyl (C=O) groups is 2. The minimum atomic E-state index is -0.851. The molecule has 8 heteroatoms. The topological polar surface area (TPSA) is 81.7 Å². The predicted octanol–water partition coefficient (Wildman–Crippen LogP) is 1.90. The molecule has 2 amide bonds. The highest BCUT2D eigenvalue weighted by Crippen LogP contribution is 2.18. The maximum absolute atomic E-state index is 13.7. The Labute approximate surface area is 161 Å². The van der Waals surface area contributed by atoms with Crippen LogP contribution in [0.2, 0.25) is 0 Å². The second kappa shape index (κ2) is 8.90. The summed E-state index contributed by atoms with van der Waals surface area (Å²) in [6.07, 6.45) is 0.329. The molecule has 0 radical (unpaired) electrons. The Morgan fingerprint density at radius 3 is 2.82 bits per heavy atom. The van der Waals surface area contributed by atoms with Crippen molar-refractivity contribution in [2.24, 2.45) is 0 Å². The van der Waals surface area contributed by atoms with Crippen molar-refractivity contribution in [1.82, 2.24) is 10.2 Å². The van der Waals surface area contributed by atoms with Crippen molar-refractivity contribution in [2.45, 2.75) is 19.0 Å². The SMILES string of the molecule is O=C(Nc1ccc(F)cc1F)c1cccc(CN2CCNC(=O)C2CCO)c1. The van der Waals surface area contributed by atoms with Crippen molar-refractivity contribution in [2.75, 3.05) is 25.0 Å². The molecule has 1 fully saturated rings. The molecule has 0 aromatic heterocycles. The molecule has 3 rings (SSSR count). The molecular formula is C20H21F2N3O3. The van der Waals surface area contributed by atoms with Crippen LogP contribution in [0.15, 0.2) is 42.5 Å². The molecule has 1 heterocycles. The monoisotopic (exact) mass is 389 g/mol. The predicted molar refractivity (Wildman–Crippen MR) is 99.7 cm³/mol. The van der Waals surface area contributed by atoms with Crippen LogP contribution in [0.5, 0.6) is 0 Å². The summed E-state index contributed by atoms with van der Waals surface area (Å²) in [7, 11) is 0. The van der Waals surface area contributed by atoms with E-state index in [-0.39, 0.29) is 18.2 Å². The van der Waals surface area contributed by atoms with Gasteiger partial charge < -0.3 is 15.7 Å². The Morgan fingerprint density at radius 2 is 2.07 bits per heavy atom. The second-order valence-electron chi connectivity index (χ2n) is 6.57. The van der Waals surface area contributed by atoms with Gasteiger partial charge in [0.15, 0.2) is 0 Å². The summed E-state index contributed by atoms with van der Waals surface area (Å²) in [5.74, 6) is -2.21. The van der Waals surface area contributed by atoms with Gasteiger partial charge in [-0.1, -0.05) is 12.1 Å². The molecule has 28 heavy (non-hydrogen) atoms. The molecule has 2 aromatic rings. The van der Waals surface area contributed by atoms with Crippen molar-refractivity contribution in [3.05, 3.63) is 65.2 Å². The molecule has 148 valence electrons. The minimum Gasteiger partial charge on any atom is -0.396 e. The van der Waals surface area contributed by atoms with Gasteiger partial charge in [-0.05, 0) is 36.2 Å². The van der Waals surface area contributed by atoms with Crippen molar-refractivity contribution in [3.8, 4) is 0 Å². The van der Waals surface area contributed by atoms with Crippen molar-refractivity contribution < 1.29 is 23.5 Å². The summed E-state index contributed by atoms with van der Waals surface area (Å²) < 4.78 is 26.7. The Balaban J connectivity index is 1.72. The van der Waals surface area contributed by atoms with Crippen LogP contribution in [-0.2, 0) is 11.3 Å². The number of aliphatic hydroxyl groups is 1. The number of piperazine rings is 1. The van der Waals surface area contributed by atoms with E-state index >= 15 is 0 Å². The zero-order chi connectivity index (χ0) is 20.1. The van der Waals surface area contributed by atoms with E-state index in [0.717, 1.165) is 17.7 Å². The zero-order valence-corrected chi connectivity index (χ0v) is 15.1. The number of amides is 2. The number of carbonyl (C=O) groups excluding carboxylic acids is 2. The molecule has 6 nitrogen and oxygen atoms in total. The number of anilines is 1. The molecule has 1 saturated heterocycles. The molecule has 2 aromatic carbocycles. The quantitative estimate of drug-likeness (QED) is 0.705. The van der Waals surface area contributed by atoms with Crippen molar-refractivity contribution in [3.63, 3.8) is 0 Å². The van der Waals surface area contributed by atoms with E-state index < -0.39 is 23.6 Å². The van der Waals surface area contributed by atoms with E-state index in [4.69, 9.17) is 0 Å². The number of hydrogen-bond acceptors (Lipinski definition) is 4. The number of halogens is 2. The Bertz CT molecular complexity index is 876. The maximum atomic E-state index is 13.7.